The molecular weight excluding hydrogens is 138 g/mol. The molecule has 1 aliphatic carbocycles. The summed E-state index contributed by atoms with van der Waals surface area (Å²) < 4.78 is 5.48. The van der Waals surface area contributed by atoms with Crippen LogP contribution in [0.15, 0.2) is 0 Å². The number of hydrogen-bond donors (Lipinski definition) is 1. The summed E-state index contributed by atoms with van der Waals surface area (Å²) in [5.74, 6) is 1.48. The largest absolute Gasteiger partial charge is 0.378 e. The molecule has 11 heavy (non-hydrogen) atoms. The van der Waals surface area contributed by atoms with Crippen LogP contribution in [0.5, 0.6) is 0 Å². The Balaban J connectivity index is 1.84. The van der Waals surface area contributed by atoms with E-state index in [0.29, 0.717) is 18.1 Å². The first kappa shape index (κ1) is 7.56. The Labute approximate surface area is 68.1 Å². The zero-order valence-corrected chi connectivity index (χ0v) is 7.12. The molecule has 2 rings (SSSR count). The van der Waals surface area contributed by atoms with E-state index in [1.165, 1.54) is 19.3 Å². The molecule has 2 nitrogen and oxygen atoms in total. The highest BCUT2D eigenvalue weighted by Gasteiger charge is 2.37. The van der Waals surface area contributed by atoms with E-state index >= 15 is 0 Å². The lowest BCUT2D eigenvalue weighted by Gasteiger charge is -2.16. The van der Waals surface area contributed by atoms with E-state index in [0.717, 1.165) is 12.5 Å². The van der Waals surface area contributed by atoms with Crippen molar-refractivity contribution >= 4 is 0 Å². The summed E-state index contributed by atoms with van der Waals surface area (Å²) in [5, 5.41) is 0. The second kappa shape index (κ2) is 2.76. The second-order valence-electron chi connectivity index (χ2n) is 4.05. The van der Waals surface area contributed by atoms with Gasteiger partial charge in [0.05, 0.1) is 12.7 Å². The van der Waals surface area contributed by atoms with Crippen LogP contribution in [-0.4, -0.2) is 18.8 Å². The predicted octanol–water partition coefficient (Wildman–Crippen LogP) is 1.15. The van der Waals surface area contributed by atoms with Crippen molar-refractivity contribution < 1.29 is 4.74 Å². The van der Waals surface area contributed by atoms with Crippen molar-refractivity contribution in [1.29, 1.82) is 0 Å². The van der Waals surface area contributed by atoms with Gasteiger partial charge >= 0.3 is 0 Å². The van der Waals surface area contributed by atoms with Crippen molar-refractivity contribution in [1.82, 2.24) is 0 Å². The van der Waals surface area contributed by atoms with Gasteiger partial charge in [0, 0.05) is 12.0 Å². The van der Waals surface area contributed by atoms with Crippen LogP contribution in [0.3, 0.4) is 0 Å². The Kier molecular flexibility index (Phi) is 1.90. The van der Waals surface area contributed by atoms with E-state index in [9.17, 15) is 0 Å². The summed E-state index contributed by atoms with van der Waals surface area (Å²) in [4.78, 5) is 0. The minimum atomic E-state index is 0.431. The first-order chi connectivity index (χ1) is 5.27. The van der Waals surface area contributed by atoms with E-state index in [-0.39, 0.29) is 0 Å². The molecule has 0 bridgehead atoms. The fourth-order valence-corrected chi connectivity index (χ4v) is 1.98. The topological polar surface area (TPSA) is 35.2 Å². The third-order valence-electron chi connectivity index (χ3n) is 2.94. The minimum absolute atomic E-state index is 0.431. The Morgan fingerprint density at radius 3 is 2.55 bits per heavy atom. The summed E-state index contributed by atoms with van der Waals surface area (Å²) in [5.41, 5.74) is 6.07. The molecule has 0 amide bonds. The Hall–Kier alpha value is -0.0800. The van der Waals surface area contributed by atoms with E-state index in [4.69, 9.17) is 10.5 Å². The molecular formula is C9H17NO. The lowest BCUT2D eigenvalue weighted by molar-refractivity contribution is 0.117. The number of ether oxygens (including phenoxy) is 1. The molecule has 0 aromatic carbocycles. The van der Waals surface area contributed by atoms with Gasteiger partial charge < -0.3 is 10.5 Å². The zero-order valence-electron chi connectivity index (χ0n) is 7.12. The summed E-state index contributed by atoms with van der Waals surface area (Å²) in [7, 11) is 0. The third kappa shape index (κ3) is 1.57. The Bertz CT molecular complexity index is 144. The average Bonchev–Trinajstić information content (AvgIpc) is 2.74. The van der Waals surface area contributed by atoms with E-state index < -0.39 is 0 Å². The van der Waals surface area contributed by atoms with Crippen molar-refractivity contribution in [2.24, 2.45) is 17.6 Å². The SMILES string of the molecule is CC1CC(C(N)C2CC2)CO1. The highest BCUT2D eigenvalue weighted by atomic mass is 16.5. The molecule has 2 fully saturated rings. The minimum Gasteiger partial charge on any atom is -0.378 e. The molecule has 3 atom stereocenters. The smallest absolute Gasteiger partial charge is 0.0551 e. The van der Waals surface area contributed by atoms with Gasteiger partial charge in [-0.05, 0) is 32.1 Å². The molecule has 0 aromatic heterocycles. The van der Waals surface area contributed by atoms with Crippen molar-refractivity contribution in [2.75, 3.05) is 6.61 Å². The lowest BCUT2D eigenvalue weighted by atomic mass is 9.94. The number of hydrogen-bond acceptors (Lipinski definition) is 2. The predicted molar refractivity (Wildman–Crippen MR) is 44.2 cm³/mol. The van der Waals surface area contributed by atoms with Gasteiger partial charge in [0.2, 0.25) is 0 Å². The van der Waals surface area contributed by atoms with Gasteiger partial charge in [0.25, 0.3) is 0 Å². The van der Waals surface area contributed by atoms with Crippen LogP contribution < -0.4 is 5.73 Å². The molecule has 1 aliphatic heterocycles. The normalized spacial score (nSPS) is 40.9. The maximum absolute atomic E-state index is 6.07. The first-order valence-corrected chi connectivity index (χ1v) is 4.64. The molecule has 2 heteroatoms. The van der Waals surface area contributed by atoms with Crippen molar-refractivity contribution in [3.05, 3.63) is 0 Å². The molecule has 1 saturated carbocycles. The van der Waals surface area contributed by atoms with Gasteiger partial charge in [-0.15, -0.1) is 0 Å². The van der Waals surface area contributed by atoms with Crippen LogP contribution in [0.25, 0.3) is 0 Å². The van der Waals surface area contributed by atoms with Crippen LogP contribution in [-0.2, 0) is 4.74 Å². The number of nitrogens with two attached hydrogens (primary N) is 1. The van der Waals surface area contributed by atoms with Crippen molar-refractivity contribution in [3.63, 3.8) is 0 Å². The first-order valence-electron chi connectivity index (χ1n) is 4.64. The van der Waals surface area contributed by atoms with Crippen LogP contribution in [0.4, 0.5) is 0 Å². The van der Waals surface area contributed by atoms with E-state index in [1.807, 2.05) is 0 Å². The molecule has 1 heterocycles. The van der Waals surface area contributed by atoms with Crippen molar-refractivity contribution in [3.8, 4) is 0 Å². The monoisotopic (exact) mass is 155 g/mol. The molecule has 0 spiro atoms. The highest BCUT2D eigenvalue weighted by Crippen LogP contribution is 2.37. The summed E-state index contributed by atoms with van der Waals surface area (Å²) >= 11 is 0. The van der Waals surface area contributed by atoms with Gasteiger partial charge in [0.15, 0.2) is 0 Å². The maximum atomic E-state index is 6.07. The van der Waals surface area contributed by atoms with Crippen LogP contribution in [0.2, 0.25) is 0 Å². The Morgan fingerprint density at radius 2 is 2.09 bits per heavy atom. The van der Waals surface area contributed by atoms with E-state index in [2.05, 4.69) is 6.92 Å². The Morgan fingerprint density at radius 1 is 1.36 bits per heavy atom. The highest BCUT2D eigenvalue weighted by molar-refractivity contribution is 4.90. The van der Waals surface area contributed by atoms with E-state index in [1.54, 1.807) is 0 Å². The van der Waals surface area contributed by atoms with Crippen molar-refractivity contribution in [2.45, 2.75) is 38.3 Å². The van der Waals surface area contributed by atoms with Gasteiger partial charge in [-0.3, -0.25) is 0 Å². The van der Waals surface area contributed by atoms with Gasteiger partial charge in [0.1, 0.15) is 0 Å². The maximum Gasteiger partial charge on any atom is 0.0551 e. The molecule has 0 radical (unpaired) electrons. The van der Waals surface area contributed by atoms with Gasteiger partial charge in [-0.2, -0.15) is 0 Å². The fraction of sp³-hybridized carbons (Fsp3) is 1.00. The second-order valence-corrected chi connectivity index (χ2v) is 4.05. The van der Waals surface area contributed by atoms with Crippen LogP contribution in [0, 0.1) is 11.8 Å². The van der Waals surface area contributed by atoms with Crippen LogP contribution >= 0.6 is 0 Å². The zero-order chi connectivity index (χ0) is 7.84. The molecule has 64 valence electrons. The quantitative estimate of drug-likeness (QED) is 0.649. The molecule has 2 N–H and O–H groups in total. The molecule has 0 aromatic rings. The lowest BCUT2D eigenvalue weighted by Crippen LogP contribution is -2.32. The summed E-state index contributed by atoms with van der Waals surface area (Å²) in [6, 6.07) is 0.431. The molecule has 3 unspecified atom stereocenters. The number of rotatable bonds is 2. The standard InChI is InChI=1S/C9H17NO/c1-6-4-8(5-11-6)9(10)7-2-3-7/h6-9H,2-5,10H2,1H3. The summed E-state index contributed by atoms with van der Waals surface area (Å²) in [6.07, 6.45) is 4.33. The van der Waals surface area contributed by atoms with Gasteiger partial charge in [-0.25, -0.2) is 0 Å². The average molecular weight is 155 g/mol. The molecule has 1 saturated heterocycles. The van der Waals surface area contributed by atoms with Gasteiger partial charge in [-0.1, -0.05) is 0 Å². The fourth-order valence-electron chi connectivity index (χ4n) is 1.98. The van der Waals surface area contributed by atoms with Crippen LogP contribution in [0.1, 0.15) is 26.2 Å². The summed E-state index contributed by atoms with van der Waals surface area (Å²) in [6.45, 7) is 3.04. The molecule has 2 aliphatic rings. The third-order valence-corrected chi connectivity index (χ3v) is 2.94.